The number of hydrogen-bond donors (Lipinski definition) is 0. The molecular formula is C19H21BrO. The van der Waals surface area contributed by atoms with Crippen LogP contribution in [0.2, 0.25) is 0 Å². The molecular weight excluding hydrogens is 324 g/mol. The SMILES string of the molecule is CC1(C)O[C@@H](CBr)CC1(c1ccccc1)c1ccccc1. The molecule has 0 aliphatic carbocycles. The van der Waals surface area contributed by atoms with E-state index in [4.69, 9.17) is 4.74 Å². The molecule has 2 aromatic rings. The third-order valence-corrected chi connectivity index (χ3v) is 5.45. The lowest BCUT2D eigenvalue weighted by molar-refractivity contribution is -0.0243. The van der Waals surface area contributed by atoms with Gasteiger partial charge in [-0.3, -0.25) is 0 Å². The van der Waals surface area contributed by atoms with E-state index >= 15 is 0 Å². The second-order valence-corrected chi connectivity index (χ2v) is 6.89. The Balaban J connectivity index is 2.22. The highest BCUT2D eigenvalue weighted by Gasteiger charge is 2.55. The first-order valence-corrected chi connectivity index (χ1v) is 8.57. The van der Waals surface area contributed by atoms with Crippen LogP contribution in [0.4, 0.5) is 0 Å². The Morgan fingerprint density at radius 2 is 1.43 bits per heavy atom. The average molecular weight is 345 g/mol. The fraction of sp³-hybridized carbons (Fsp3) is 0.368. The van der Waals surface area contributed by atoms with Crippen LogP contribution in [0.1, 0.15) is 31.4 Å². The summed E-state index contributed by atoms with van der Waals surface area (Å²) in [5, 5.41) is 0.873. The Labute approximate surface area is 135 Å². The molecule has 0 saturated carbocycles. The maximum absolute atomic E-state index is 6.38. The molecule has 1 nitrogen and oxygen atoms in total. The Morgan fingerprint density at radius 1 is 0.952 bits per heavy atom. The summed E-state index contributed by atoms with van der Waals surface area (Å²) in [4.78, 5) is 0. The van der Waals surface area contributed by atoms with E-state index in [2.05, 4.69) is 90.4 Å². The smallest absolute Gasteiger partial charge is 0.0768 e. The van der Waals surface area contributed by atoms with Crippen molar-refractivity contribution in [2.24, 2.45) is 0 Å². The van der Waals surface area contributed by atoms with Gasteiger partial charge in [0.25, 0.3) is 0 Å². The maximum Gasteiger partial charge on any atom is 0.0768 e. The molecule has 2 heteroatoms. The fourth-order valence-electron chi connectivity index (χ4n) is 3.78. The highest BCUT2D eigenvalue weighted by atomic mass is 79.9. The van der Waals surface area contributed by atoms with Gasteiger partial charge in [0.1, 0.15) is 0 Å². The molecule has 1 atom stereocenters. The van der Waals surface area contributed by atoms with Crippen molar-refractivity contribution < 1.29 is 4.74 Å². The van der Waals surface area contributed by atoms with Gasteiger partial charge in [-0.25, -0.2) is 0 Å². The number of rotatable bonds is 3. The summed E-state index contributed by atoms with van der Waals surface area (Å²) < 4.78 is 6.38. The minimum Gasteiger partial charge on any atom is -0.370 e. The van der Waals surface area contributed by atoms with Crippen LogP contribution in [-0.4, -0.2) is 17.0 Å². The Hall–Kier alpha value is -1.12. The molecule has 0 radical (unpaired) electrons. The van der Waals surface area contributed by atoms with Crippen LogP contribution in [0, 0.1) is 0 Å². The first kappa shape index (κ1) is 14.8. The molecule has 1 saturated heterocycles. The van der Waals surface area contributed by atoms with E-state index in [0.29, 0.717) is 0 Å². The quantitative estimate of drug-likeness (QED) is 0.717. The number of benzene rings is 2. The number of ether oxygens (including phenoxy) is 1. The van der Waals surface area contributed by atoms with Crippen LogP contribution < -0.4 is 0 Å². The molecule has 3 rings (SSSR count). The highest BCUT2D eigenvalue weighted by molar-refractivity contribution is 9.09. The summed E-state index contributed by atoms with van der Waals surface area (Å²) in [7, 11) is 0. The molecule has 0 aromatic heterocycles. The lowest BCUT2D eigenvalue weighted by Crippen LogP contribution is -2.44. The summed E-state index contributed by atoms with van der Waals surface area (Å²) in [5.74, 6) is 0. The summed E-state index contributed by atoms with van der Waals surface area (Å²) >= 11 is 3.60. The van der Waals surface area contributed by atoms with Crippen LogP contribution in [0.15, 0.2) is 60.7 Å². The Morgan fingerprint density at radius 3 is 1.81 bits per heavy atom. The third-order valence-electron chi connectivity index (χ3n) is 4.73. The van der Waals surface area contributed by atoms with Crippen molar-refractivity contribution in [1.29, 1.82) is 0 Å². The molecule has 21 heavy (non-hydrogen) atoms. The molecule has 0 amide bonds. The zero-order valence-electron chi connectivity index (χ0n) is 12.6. The topological polar surface area (TPSA) is 9.23 Å². The zero-order valence-corrected chi connectivity index (χ0v) is 14.1. The number of hydrogen-bond acceptors (Lipinski definition) is 1. The fourth-order valence-corrected chi connectivity index (χ4v) is 4.14. The molecule has 0 N–H and O–H groups in total. The molecule has 1 aliphatic rings. The first-order chi connectivity index (χ1) is 10.1. The summed E-state index contributed by atoms with van der Waals surface area (Å²) in [6.07, 6.45) is 1.24. The van der Waals surface area contributed by atoms with E-state index in [1.807, 2.05) is 0 Å². The largest absolute Gasteiger partial charge is 0.370 e. The van der Waals surface area contributed by atoms with Crippen molar-refractivity contribution in [2.75, 3.05) is 5.33 Å². The van der Waals surface area contributed by atoms with E-state index in [1.54, 1.807) is 0 Å². The third kappa shape index (κ3) is 2.35. The average Bonchev–Trinajstić information content (AvgIpc) is 2.81. The molecule has 1 heterocycles. The normalized spacial score (nSPS) is 23.1. The second kappa shape index (κ2) is 5.58. The Bertz CT molecular complexity index is 552. The molecule has 0 bridgehead atoms. The van der Waals surface area contributed by atoms with Crippen molar-refractivity contribution in [2.45, 2.75) is 37.4 Å². The van der Waals surface area contributed by atoms with Crippen molar-refractivity contribution in [3.63, 3.8) is 0 Å². The summed E-state index contributed by atoms with van der Waals surface area (Å²) in [6.45, 7) is 4.44. The van der Waals surface area contributed by atoms with E-state index in [-0.39, 0.29) is 17.1 Å². The summed E-state index contributed by atoms with van der Waals surface area (Å²) in [6, 6.07) is 21.6. The van der Waals surface area contributed by atoms with Gasteiger partial charge in [0, 0.05) is 5.33 Å². The molecule has 0 unspecified atom stereocenters. The van der Waals surface area contributed by atoms with Crippen LogP contribution in [0.5, 0.6) is 0 Å². The highest BCUT2D eigenvalue weighted by Crippen LogP contribution is 2.53. The lowest BCUT2D eigenvalue weighted by atomic mass is 9.63. The summed E-state index contributed by atoms with van der Waals surface area (Å²) in [5.41, 5.74) is 2.33. The molecule has 0 spiro atoms. The minimum absolute atomic E-state index is 0.103. The monoisotopic (exact) mass is 344 g/mol. The van der Waals surface area contributed by atoms with E-state index in [9.17, 15) is 0 Å². The van der Waals surface area contributed by atoms with Gasteiger partial charge in [-0.05, 0) is 31.4 Å². The van der Waals surface area contributed by atoms with Gasteiger partial charge in [-0.15, -0.1) is 0 Å². The van der Waals surface area contributed by atoms with E-state index in [1.165, 1.54) is 11.1 Å². The lowest BCUT2D eigenvalue weighted by Gasteiger charge is -2.41. The van der Waals surface area contributed by atoms with Gasteiger partial charge < -0.3 is 4.74 Å². The molecule has 2 aromatic carbocycles. The van der Waals surface area contributed by atoms with Crippen molar-refractivity contribution in [3.05, 3.63) is 71.8 Å². The van der Waals surface area contributed by atoms with Gasteiger partial charge >= 0.3 is 0 Å². The van der Waals surface area contributed by atoms with Crippen molar-refractivity contribution in [3.8, 4) is 0 Å². The molecule has 1 aliphatic heterocycles. The van der Waals surface area contributed by atoms with E-state index < -0.39 is 0 Å². The maximum atomic E-state index is 6.38. The van der Waals surface area contributed by atoms with Crippen LogP contribution >= 0.6 is 15.9 Å². The number of halogens is 1. The molecule has 1 fully saturated rings. The standard InChI is InChI=1S/C19H21BrO/c1-18(2)19(13-17(14-20)21-18,15-9-5-3-6-10-15)16-11-7-4-8-12-16/h3-12,17H,13-14H2,1-2H3/t17-/m1/s1. The van der Waals surface area contributed by atoms with Crippen LogP contribution in [-0.2, 0) is 10.2 Å². The second-order valence-electron chi connectivity index (χ2n) is 6.25. The van der Waals surface area contributed by atoms with E-state index in [0.717, 1.165) is 11.8 Å². The van der Waals surface area contributed by atoms with Gasteiger partial charge in [0.05, 0.1) is 17.1 Å². The van der Waals surface area contributed by atoms with Crippen LogP contribution in [0.25, 0.3) is 0 Å². The number of alkyl halides is 1. The minimum atomic E-state index is -0.242. The van der Waals surface area contributed by atoms with Gasteiger partial charge in [0.15, 0.2) is 0 Å². The van der Waals surface area contributed by atoms with Gasteiger partial charge in [0.2, 0.25) is 0 Å². The van der Waals surface area contributed by atoms with Gasteiger partial charge in [-0.1, -0.05) is 76.6 Å². The van der Waals surface area contributed by atoms with Crippen LogP contribution in [0.3, 0.4) is 0 Å². The predicted octanol–water partition coefficient (Wildman–Crippen LogP) is 4.94. The zero-order chi connectivity index (χ0) is 14.9. The predicted molar refractivity (Wildman–Crippen MR) is 91.0 cm³/mol. The van der Waals surface area contributed by atoms with Crippen molar-refractivity contribution in [1.82, 2.24) is 0 Å². The Kier molecular flexibility index (Phi) is 3.94. The van der Waals surface area contributed by atoms with Gasteiger partial charge in [-0.2, -0.15) is 0 Å². The van der Waals surface area contributed by atoms with Crippen molar-refractivity contribution >= 4 is 15.9 Å². The molecule has 110 valence electrons. The first-order valence-electron chi connectivity index (χ1n) is 7.45.